The van der Waals surface area contributed by atoms with Gasteiger partial charge in [-0.25, -0.2) is 0 Å². The minimum Gasteiger partial charge on any atom is -0.469 e. The van der Waals surface area contributed by atoms with E-state index < -0.39 is 5.97 Å². The van der Waals surface area contributed by atoms with Gasteiger partial charge in [0.2, 0.25) is 0 Å². The summed E-state index contributed by atoms with van der Waals surface area (Å²) in [6, 6.07) is 5.76. The van der Waals surface area contributed by atoms with Crippen LogP contribution >= 0.6 is 0 Å². The normalized spacial score (nSPS) is 10.0. The molecule has 0 unspecified atom stereocenters. The number of hydrogen-bond donors (Lipinski definition) is 1. The predicted molar refractivity (Wildman–Crippen MR) is 84.8 cm³/mol. The maximum Gasteiger partial charge on any atom is 0.310 e. The molecule has 1 aromatic carbocycles. The van der Waals surface area contributed by atoms with E-state index in [0.717, 1.165) is 16.7 Å². The third-order valence-electron chi connectivity index (χ3n) is 3.39. The van der Waals surface area contributed by atoms with Crippen LogP contribution in [0.4, 0.5) is 0 Å². The molecule has 0 aliphatic heterocycles. The average Bonchev–Trinajstić information content (AvgIpc) is 2.52. The highest BCUT2D eigenvalue weighted by atomic mass is 16.5. The molecule has 0 aromatic heterocycles. The van der Waals surface area contributed by atoms with Crippen molar-refractivity contribution in [3.05, 3.63) is 34.9 Å². The molecule has 0 fully saturated rings. The van der Waals surface area contributed by atoms with Gasteiger partial charge in [0.15, 0.2) is 6.61 Å². The lowest BCUT2D eigenvalue weighted by molar-refractivity contribution is -0.147. The zero-order chi connectivity index (χ0) is 17.2. The number of hydrogen-bond acceptors (Lipinski definition) is 5. The summed E-state index contributed by atoms with van der Waals surface area (Å²) in [6.45, 7) is 4.00. The molecule has 1 rings (SSSR count). The molecule has 1 amide bonds. The summed E-state index contributed by atoms with van der Waals surface area (Å²) in [5.74, 6) is -1.15. The third kappa shape index (κ3) is 7.44. The zero-order valence-corrected chi connectivity index (χ0v) is 13.8. The first-order valence-electron chi connectivity index (χ1n) is 7.47. The van der Waals surface area contributed by atoms with Crippen LogP contribution in [0.1, 0.15) is 29.5 Å². The quantitative estimate of drug-likeness (QED) is 0.579. The van der Waals surface area contributed by atoms with Crippen LogP contribution < -0.4 is 5.32 Å². The lowest BCUT2D eigenvalue weighted by Gasteiger charge is -2.07. The molecule has 0 atom stereocenters. The van der Waals surface area contributed by atoms with Gasteiger partial charge in [0.1, 0.15) is 0 Å². The van der Waals surface area contributed by atoms with Crippen molar-refractivity contribution in [2.45, 2.75) is 33.1 Å². The van der Waals surface area contributed by atoms with Crippen molar-refractivity contribution in [3.8, 4) is 0 Å². The van der Waals surface area contributed by atoms with E-state index in [2.05, 4.69) is 10.1 Å². The molecule has 23 heavy (non-hydrogen) atoms. The molecular weight excluding hydrogens is 298 g/mol. The molecule has 1 N–H and O–H groups in total. The fourth-order valence-electron chi connectivity index (χ4n) is 1.89. The monoisotopic (exact) mass is 321 g/mol. The van der Waals surface area contributed by atoms with Crippen LogP contribution in [0.3, 0.4) is 0 Å². The van der Waals surface area contributed by atoms with Crippen molar-refractivity contribution in [2.24, 2.45) is 0 Å². The number of rotatable bonds is 8. The van der Waals surface area contributed by atoms with Crippen LogP contribution in [0.5, 0.6) is 0 Å². The molecule has 0 heterocycles. The second-order valence-corrected chi connectivity index (χ2v) is 5.29. The van der Waals surface area contributed by atoms with Crippen LogP contribution in [-0.2, 0) is 30.3 Å². The summed E-state index contributed by atoms with van der Waals surface area (Å²) in [6.07, 6.45) is 0.856. The van der Waals surface area contributed by atoms with Crippen molar-refractivity contribution in [2.75, 3.05) is 20.3 Å². The van der Waals surface area contributed by atoms with Gasteiger partial charge in [-0.3, -0.25) is 14.4 Å². The molecule has 1 aromatic rings. The summed E-state index contributed by atoms with van der Waals surface area (Å²) in [5, 5.41) is 2.57. The van der Waals surface area contributed by atoms with Crippen LogP contribution in [0, 0.1) is 13.8 Å². The molecule has 0 aliphatic rings. The first kappa shape index (κ1) is 18.7. The number of methoxy groups -OCH3 is 1. The number of nitrogens with one attached hydrogen (secondary N) is 1. The molecule has 0 spiro atoms. The van der Waals surface area contributed by atoms with Crippen molar-refractivity contribution < 1.29 is 23.9 Å². The highest BCUT2D eigenvalue weighted by molar-refractivity contribution is 5.81. The Hall–Kier alpha value is -2.37. The topological polar surface area (TPSA) is 81.7 Å². The molecule has 6 heteroatoms. The highest BCUT2D eigenvalue weighted by Crippen LogP contribution is 2.10. The molecule has 0 radical (unpaired) electrons. The maximum atomic E-state index is 11.7. The van der Waals surface area contributed by atoms with Crippen LogP contribution in [0.15, 0.2) is 18.2 Å². The van der Waals surface area contributed by atoms with Gasteiger partial charge < -0.3 is 14.8 Å². The van der Waals surface area contributed by atoms with Crippen molar-refractivity contribution in [1.29, 1.82) is 0 Å². The molecule has 0 saturated heterocycles. The third-order valence-corrected chi connectivity index (χ3v) is 3.39. The number of carbonyl (C=O) groups is 3. The fraction of sp³-hybridized carbons (Fsp3) is 0.471. The molecule has 126 valence electrons. The van der Waals surface area contributed by atoms with Crippen LogP contribution in [0.2, 0.25) is 0 Å². The average molecular weight is 321 g/mol. The Balaban J connectivity index is 2.23. The Morgan fingerprint density at radius 3 is 2.48 bits per heavy atom. The highest BCUT2D eigenvalue weighted by Gasteiger charge is 2.09. The van der Waals surface area contributed by atoms with Gasteiger partial charge >= 0.3 is 11.9 Å². The van der Waals surface area contributed by atoms with E-state index in [1.807, 2.05) is 32.0 Å². The smallest absolute Gasteiger partial charge is 0.310 e. The number of amides is 1. The molecule has 0 aliphatic carbocycles. The lowest BCUT2D eigenvalue weighted by atomic mass is 10.0. The number of carbonyl (C=O) groups excluding carboxylic acids is 3. The fourth-order valence-corrected chi connectivity index (χ4v) is 1.89. The van der Waals surface area contributed by atoms with E-state index in [9.17, 15) is 14.4 Å². The summed E-state index contributed by atoms with van der Waals surface area (Å²) in [5.41, 5.74) is 3.13. The minimum atomic E-state index is -0.446. The minimum absolute atomic E-state index is 0.136. The number of ether oxygens (including phenoxy) is 2. The van der Waals surface area contributed by atoms with Crippen molar-refractivity contribution in [3.63, 3.8) is 0 Å². The Kier molecular flexibility index (Phi) is 7.80. The summed E-state index contributed by atoms with van der Waals surface area (Å²) >= 11 is 0. The van der Waals surface area contributed by atoms with Gasteiger partial charge in [0, 0.05) is 13.0 Å². The number of benzene rings is 1. The summed E-state index contributed by atoms with van der Waals surface area (Å²) in [7, 11) is 1.32. The zero-order valence-electron chi connectivity index (χ0n) is 13.8. The standard InChI is InChI=1S/C17H23NO5/c1-12-6-7-14(9-13(12)2)10-17(21)23-11-15(19)18-8-4-5-16(20)22-3/h6-7,9H,4-5,8,10-11H2,1-3H3,(H,18,19). The molecule has 0 saturated carbocycles. The van der Waals surface area contributed by atoms with E-state index in [1.165, 1.54) is 7.11 Å². The second kappa shape index (κ2) is 9.61. The number of aryl methyl sites for hydroxylation is 2. The van der Waals surface area contributed by atoms with E-state index in [4.69, 9.17) is 4.74 Å². The summed E-state index contributed by atoms with van der Waals surface area (Å²) in [4.78, 5) is 34.1. The van der Waals surface area contributed by atoms with Gasteiger partial charge in [-0.2, -0.15) is 0 Å². The van der Waals surface area contributed by atoms with Gasteiger partial charge in [0.25, 0.3) is 5.91 Å². The Labute approximate surface area is 136 Å². The van der Waals surface area contributed by atoms with Gasteiger partial charge in [0.05, 0.1) is 13.5 Å². The van der Waals surface area contributed by atoms with E-state index in [0.29, 0.717) is 13.0 Å². The second-order valence-electron chi connectivity index (χ2n) is 5.29. The van der Waals surface area contributed by atoms with Gasteiger partial charge in [-0.15, -0.1) is 0 Å². The molecule has 6 nitrogen and oxygen atoms in total. The largest absolute Gasteiger partial charge is 0.469 e. The molecule has 0 bridgehead atoms. The Morgan fingerprint density at radius 1 is 1.09 bits per heavy atom. The first-order chi connectivity index (χ1) is 10.9. The van der Waals surface area contributed by atoms with E-state index in [1.54, 1.807) is 0 Å². The SMILES string of the molecule is COC(=O)CCCNC(=O)COC(=O)Cc1ccc(C)c(C)c1. The van der Waals surface area contributed by atoms with E-state index in [-0.39, 0.29) is 31.3 Å². The van der Waals surface area contributed by atoms with Crippen molar-refractivity contribution in [1.82, 2.24) is 5.32 Å². The van der Waals surface area contributed by atoms with Gasteiger partial charge in [-0.05, 0) is 37.0 Å². The first-order valence-corrected chi connectivity index (χ1v) is 7.47. The van der Waals surface area contributed by atoms with Crippen LogP contribution in [-0.4, -0.2) is 38.1 Å². The maximum absolute atomic E-state index is 11.7. The van der Waals surface area contributed by atoms with Crippen LogP contribution in [0.25, 0.3) is 0 Å². The Morgan fingerprint density at radius 2 is 1.83 bits per heavy atom. The van der Waals surface area contributed by atoms with Gasteiger partial charge in [-0.1, -0.05) is 18.2 Å². The Bertz CT molecular complexity index is 568. The van der Waals surface area contributed by atoms with E-state index >= 15 is 0 Å². The lowest BCUT2D eigenvalue weighted by Crippen LogP contribution is -2.30. The molecular formula is C17H23NO5. The van der Waals surface area contributed by atoms with Crippen molar-refractivity contribution >= 4 is 17.8 Å². The summed E-state index contributed by atoms with van der Waals surface area (Å²) < 4.78 is 9.42. The number of esters is 2. The predicted octanol–water partition coefficient (Wildman–Crippen LogP) is 1.46.